The molecule has 8 heteroatoms. The zero-order valence-corrected chi connectivity index (χ0v) is 10.3. The minimum Gasteiger partial charge on any atom is -0.508 e. The second kappa shape index (κ2) is 6.34. The van der Waals surface area contributed by atoms with Crippen molar-refractivity contribution in [3.8, 4) is 5.75 Å². The third-order valence-electron chi connectivity index (χ3n) is 1.98. The maximum absolute atomic E-state index is 10.8. The van der Waals surface area contributed by atoms with E-state index in [2.05, 4.69) is 5.32 Å². The van der Waals surface area contributed by atoms with E-state index >= 15 is 0 Å². The number of phenols is 1. The lowest BCUT2D eigenvalue weighted by Crippen LogP contribution is -2.04. The molecule has 2 N–H and O–H groups in total. The SMILES string of the molecule is COP(CNc1ccc(O)cc1[N+](=O)[O-])OC. The highest BCUT2D eigenvalue weighted by atomic mass is 31.2. The number of nitro groups is 1. The number of aromatic hydroxyl groups is 1. The van der Waals surface area contributed by atoms with Crippen LogP contribution in [0, 0.1) is 10.1 Å². The molecule has 1 rings (SSSR count). The fourth-order valence-corrected chi connectivity index (χ4v) is 1.88. The van der Waals surface area contributed by atoms with Crippen LogP contribution >= 0.6 is 8.38 Å². The van der Waals surface area contributed by atoms with Crippen molar-refractivity contribution in [3.05, 3.63) is 28.3 Å². The van der Waals surface area contributed by atoms with Crippen molar-refractivity contribution in [3.63, 3.8) is 0 Å². The summed E-state index contributed by atoms with van der Waals surface area (Å²) in [6.07, 6.45) is 0.327. The van der Waals surface area contributed by atoms with E-state index in [-0.39, 0.29) is 11.4 Å². The number of nitrogens with one attached hydrogen (secondary N) is 1. The molecule has 1 aromatic carbocycles. The molecule has 0 bridgehead atoms. The van der Waals surface area contributed by atoms with Crippen molar-refractivity contribution in [2.75, 3.05) is 25.8 Å². The average molecular weight is 260 g/mol. The zero-order chi connectivity index (χ0) is 12.8. The van der Waals surface area contributed by atoms with Gasteiger partial charge in [-0.05, 0) is 12.1 Å². The second-order valence-electron chi connectivity index (χ2n) is 2.99. The number of hydrogen-bond donors (Lipinski definition) is 2. The molecule has 0 aliphatic carbocycles. The van der Waals surface area contributed by atoms with E-state index in [1.165, 1.54) is 26.4 Å². The molecule has 0 amide bonds. The first-order valence-corrected chi connectivity index (χ1v) is 6.01. The fourth-order valence-electron chi connectivity index (χ4n) is 1.17. The number of nitrogens with zero attached hydrogens (tertiary/aromatic N) is 1. The number of benzene rings is 1. The molecule has 94 valence electrons. The van der Waals surface area contributed by atoms with Gasteiger partial charge in [0.25, 0.3) is 5.69 Å². The van der Waals surface area contributed by atoms with E-state index in [1.807, 2.05) is 0 Å². The highest BCUT2D eigenvalue weighted by Crippen LogP contribution is 2.37. The van der Waals surface area contributed by atoms with Gasteiger partial charge in [0.2, 0.25) is 0 Å². The molecule has 0 radical (unpaired) electrons. The first kappa shape index (κ1) is 13.6. The smallest absolute Gasteiger partial charge is 0.296 e. The standard InChI is InChI=1S/C9H13N2O5P/c1-15-17(16-2)6-10-8-4-3-7(12)5-9(8)11(13)14/h3-5,10,12H,6H2,1-2H3. The quantitative estimate of drug-likeness (QED) is 0.352. The Morgan fingerprint density at radius 3 is 2.65 bits per heavy atom. The van der Waals surface area contributed by atoms with Gasteiger partial charge < -0.3 is 19.5 Å². The Bertz CT molecular complexity index is 397. The Balaban J connectivity index is 2.80. The number of anilines is 1. The molecule has 0 atom stereocenters. The van der Waals surface area contributed by atoms with Crippen molar-refractivity contribution in [1.29, 1.82) is 0 Å². The van der Waals surface area contributed by atoms with Crippen molar-refractivity contribution in [1.82, 2.24) is 0 Å². The van der Waals surface area contributed by atoms with E-state index in [0.29, 0.717) is 12.0 Å². The van der Waals surface area contributed by atoms with Crippen molar-refractivity contribution < 1.29 is 19.1 Å². The van der Waals surface area contributed by atoms with Crippen molar-refractivity contribution in [2.45, 2.75) is 0 Å². The molecule has 0 heterocycles. The highest BCUT2D eigenvalue weighted by molar-refractivity contribution is 7.47. The van der Waals surface area contributed by atoms with E-state index in [1.54, 1.807) is 0 Å². The fraction of sp³-hybridized carbons (Fsp3) is 0.333. The minimum absolute atomic E-state index is 0.150. The first-order chi connectivity index (χ1) is 8.08. The molecule has 0 saturated carbocycles. The van der Waals surface area contributed by atoms with E-state index in [9.17, 15) is 15.2 Å². The van der Waals surface area contributed by atoms with Crippen LogP contribution in [0.4, 0.5) is 11.4 Å². The summed E-state index contributed by atoms with van der Waals surface area (Å²) in [6.45, 7) is 0. The lowest BCUT2D eigenvalue weighted by Gasteiger charge is -2.13. The Morgan fingerprint density at radius 1 is 1.47 bits per heavy atom. The molecule has 7 nitrogen and oxygen atoms in total. The van der Waals surface area contributed by atoms with Crippen LogP contribution in [0.25, 0.3) is 0 Å². The predicted molar refractivity (Wildman–Crippen MR) is 64.2 cm³/mol. The van der Waals surface area contributed by atoms with Gasteiger partial charge in [0.05, 0.1) is 17.3 Å². The van der Waals surface area contributed by atoms with Crippen LogP contribution in [0.5, 0.6) is 5.75 Å². The summed E-state index contributed by atoms with van der Waals surface area (Å²) in [7, 11) is 1.89. The van der Waals surface area contributed by atoms with Crippen LogP contribution in [0.3, 0.4) is 0 Å². The minimum atomic E-state index is -1.12. The van der Waals surface area contributed by atoms with Crippen LogP contribution < -0.4 is 5.32 Å². The van der Waals surface area contributed by atoms with Gasteiger partial charge in [-0.15, -0.1) is 0 Å². The summed E-state index contributed by atoms with van der Waals surface area (Å²) in [5, 5.41) is 22.8. The molecule has 0 aliphatic rings. The van der Waals surface area contributed by atoms with Crippen molar-refractivity contribution >= 4 is 19.8 Å². The van der Waals surface area contributed by atoms with Gasteiger partial charge in [-0.25, -0.2) is 0 Å². The maximum Gasteiger partial charge on any atom is 0.296 e. The molecule has 1 aromatic rings. The lowest BCUT2D eigenvalue weighted by molar-refractivity contribution is -0.384. The summed E-state index contributed by atoms with van der Waals surface area (Å²) in [6, 6.07) is 3.90. The predicted octanol–water partition coefficient (Wildman–Crippen LogP) is 2.27. The van der Waals surface area contributed by atoms with Gasteiger partial charge in [-0.2, -0.15) is 0 Å². The molecule has 17 heavy (non-hydrogen) atoms. The lowest BCUT2D eigenvalue weighted by atomic mass is 10.2. The van der Waals surface area contributed by atoms with Crippen LogP contribution in [0.15, 0.2) is 18.2 Å². The third kappa shape index (κ3) is 3.81. The molecular formula is C9H13N2O5P. The van der Waals surface area contributed by atoms with Gasteiger partial charge in [-0.3, -0.25) is 10.1 Å². The number of phenolic OH excluding ortho intramolecular Hbond substituents is 1. The topological polar surface area (TPSA) is 93.9 Å². The molecule has 0 fully saturated rings. The third-order valence-corrected chi connectivity index (χ3v) is 3.21. The molecule has 0 aromatic heterocycles. The molecule has 0 spiro atoms. The van der Waals surface area contributed by atoms with Crippen LogP contribution in [0.1, 0.15) is 0 Å². The number of hydrogen-bond acceptors (Lipinski definition) is 6. The van der Waals surface area contributed by atoms with Crippen LogP contribution in [-0.2, 0) is 9.05 Å². The number of nitro benzene ring substituents is 1. The van der Waals surface area contributed by atoms with Crippen LogP contribution in [-0.4, -0.2) is 30.5 Å². The Kier molecular flexibility index (Phi) is 5.09. The maximum atomic E-state index is 10.8. The summed E-state index contributed by atoms with van der Waals surface area (Å²) >= 11 is 0. The van der Waals surface area contributed by atoms with Gasteiger partial charge in [-0.1, -0.05) is 0 Å². The molecule has 0 saturated heterocycles. The monoisotopic (exact) mass is 260 g/mol. The van der Waals surface area contributed by atoms with Crippen molar-refractivity contribution in [2.24, 2.45) is 0 Å². The largest absolute Gasteiger partial charge is 0.508 e. The van der Waals surface area contributed by atoms with Gasteiger partial charge in [0.1, 0.15) is 11.4 Å². The second-order valence-corrected chi connectivity index (χ2v) is 4.70. The molecule has 0 aliphatic heterocycles. The van der Waals surface area contributed by atoms with E-state index in [0.717, 1.165) is 6.07 Å². The summed E-state index contributed by atoms with van der Waals surface area (Å²) in [5.41, 5.74) is 0.126. The van der Waals surface area contributed by atoms with Gasteiger partial charge in [0.15, 0.2) is 8.38 Å². The average Bonchev–Trinajstić information content (AvgIpc) is 2.31. The summed E-state index contributed by atoms with van der Waals surface area (Å²) in [4.78, 5) is 10.2. The summed E-state index contributed by atoms with van der Waals surface area (Å²) in [5.74, 6) is -0.150. The van der Waals surface area contributed by atoms with E-state index in [4.69, 9.17) is 9.05 Å². The molecular weight excluding hydrogens is 247 g/mol. The normalized spacial score (nSPS) is 10.5. The first-order valence-electron chi connectivity index (χ1n) is 4.65. The Morgan fingerprint density at radius 2 is 2.12 bits per heavy atom. The van der Waals surface area contributed by atoms with E-state index < -0.39 is 13.3 Å². The zero-order valence-electron chi connectivity index (χ0n) is 9.41. The Hall–Kier alpha value is -1.43. The van der Waals surface area contributed by atoms with Gasteiger partial charge in [0, 0.05) is 14.2 Å². The van der Waals surface area contributed by atoms with Gasteiger partial charge >= 0.3 is 0 Å². The molecule has 0 unspecified atom stereocenters. The van der Waals surface area contributed by atoms with Crippen LogP contribution in [0.2, 0.25) is 0 Å². The Labute approximate surface area is 99.4 Å². The number of rotatable bonds is 6. The summed E-state index contributed by atoms with van der Waals surface area (Å²) < 4.78 is 10.0. The highest BCUT2D eigenvalue weighted by Gasteiger charge is 2.16.